The predicted octanol–water partition coefficient (Wildman–Crippen LogP) is 5.03. The highest BCUT2D eigenvalue weighted by atomic mass is 35.5. The monoisotopic (exact) mass is 449 g/mol. The van der Waals surface area contributed by atoms with Crippen molar-refractivity contribution in [2.75, 3.05) is 27.4 Å². The molecule has 2 aromatic rings. The molecular formula is C21H20ClNO4S2. The van der Waals surface area contributed by atoms with Crippen LogP contribution >= 0.6 is 35.6 Å². The third-order valence-corrected chi connectivity index (χ3v) is 5.84. The van der Waals surface area contributed by atoms with Gasteiger partial charge in [0, 0.05) is 24.1 Å². The van der Waals surface area contributed by atoms with Crippen molar-refractivity contribution >= 4 is 51.9 Å². The van der Waals surface area contributed by atoms with Gasteiger partial charge >= 0.3 is 0 Å². The summed E-state index contributed by atoms with van der Waals surface area (Å²) in [5, 5.41) is 0.565. The number of para-hydroxylation sites is 2. The number of carbonyl (C=O) groups is 1. The Morgan fingerprint density at radius 3 is 2.45 bits per heavy atom. The SMILES string of the molecule is COc1ccccc1OCCCOc1ccc(Cl)cc1/C=C1/SC(=S)N(C)C1=O. The Balaban J connectivity index is 1.60. The summed E-state index contributed by atoms with van der Waals surface area (Å²) in [4.78, 5) is 14.2. The third-order valence-electron chi connectivity index (χ3n) is 4.12. The van der Waals surface area contributed by atoms with Crippen LogP contribution in [0.5, 0.6) is 17.2 Å². The topological polar surface area (TPSA) is 48.0 Å². The van der Waals surface area contributed by atoms with E-state index >= 15 is 0 Å². The molecule has 5 nitrogen and oxygen atoms in total. The Morgan fingerprint density at radius 1 is 1.10 bits per heavy atom. The summed E-state index contributed by atoms with van der Waals surface area (Å²) in [5.74, 6) is 1.91. The molecule has 0 bridgehead atoms. The maximum absolute atomic E-state index is 12.3. The van der Waals surface area contributed by atoms with Crippen LogP contribution in [-0.4, -0.2) is 42.5 Å². The predicted molar refractivity (Wildman–Crippen MR) is 121 cm³/mol. The van der Waals surface area contributed by atoms with Crippen LogP contribution in [0.15, 0.2) is 47.4 Å². The van der Waals surface area contributed by atoms with Crippen molar-refractivity contribution in [2.45, 2.75) is 6.42 Å². The number of halogens is 1. The third kappa shape index (κ3) is 5.44. The van der Waals surface area contributed by atoms with Crippen LogP contribution in [0.2, 0.25) is 5.02 Å². The van der Waals surface area contributed by atoms with E-state index < -0.39 is 0 Å². The molecule has 0 atom stereocenters. The fourth-order valence-electron chi connectivity index (χ4n) is 2.61. The van der Waals surface area contributed by atoms with Gasteiger partial charge in [-0.25, -0.2) is 0 Å². The van der Waals surface area contributed by atoms with Crippen molar-refractivity contribution < 1.29 is 19.0 Å². The number of methoxy groups -OCH3 is 1. The minimum atomic E-state index is -0.129. The Labute approximate surface area is 184 Å². The van der Waals surface area contributed by atoms with E-state index in [0.29, 0.717) is 51.1 Å². The molecule has 0 unspecified atom stereocenters. The van der Waals surface area contributed by atoms with Crippen molar-refractivity contribution in [3.8, 4) is 17.2 Å². The molecule has 1 aliphatic heterocycles. The average molecular weight is 450 g/mol. The van der Waals surface area contributed by atoms with E-state index in [1.165, 1.54) is 16.7 Å². The number of hydrogen-bond acceptors (Lipinski definition) is 6. The molecule has 1 heterocycles. The van der Waals surface area contributed by atoms with Crippen molar-refractivity contribution in [1.82, 2.24) is 4.90 Å². The van der Waals surface area contributed by atoms with Gasteiger partial charge in [0.1, 0.15) is 10.1 Å². The molecule has 0 N–H and O–H groups in total. The maximum Gasteiger partial charge on any atom is 0.265 e. The van der Waals surface area contributed by atoms with E-state index in [1.807, 2.05) is 24.3 Å². The van der Waals surface area contributed by atoms with Gasteiger partial charge in [-0.1, -0.05) is 47.7 Å². The largest absolute Gasteiger partial charge is 0.493 e. The number of nitrogens with zero attached hydrogens (tertiary/aromatic N) is 1. The van der Waals surface area contributed by atoms with Gasteiger partial charge in [0.15, 0.2) is 11.5 Å². The Hall–Kier alpha value is -2.22. The first-order valence-corrected chi connectivity index (χ1v) is 10.5. The van der Waals surface area contributed by atoms with E-state index in [-0.39, 0.29) is 5.91 Å². The van der Waals surface area contributed by atoms with E-state index in [9.17, 15) is 4.79 Å². The Bertz CT molecular complexity index is 948. The fraction of sp³-hybridized carbons (Fsp3) is 0.238. The summed E-state index contributed by atoms with van der Waals surface area (Å²) in [6.07, 6.45) is 2.44. The van der Waals surface area contributed by atoms with Crippen LogP contribution in [0.25, 0.3) is 6.08 Å². The molecule has 1 aliphatic rings. The summed E-state index contributed by atoms with van der Waals surface area (Å²) in [6, 6.07) is 12.8. The highest BCUT2D eigenvalue weighted by Crippen LogP contribution is 2.34. The molecule has 152 valence electrons. The lowest BCUT2D eigenvalue weighted by molar-refractivity contribution is -0.121. The summed E-state index contributed by atoms with van der Waals surface area (Å²) in [6.45, 7) is 0.935. The normalized spacial score (nSPS) is 15.1. The first kappa shape index (κ1) is 21.5. The Morgan fingerprint density at radius 2 is 1.79 bits per heavy atom. The number of hydrogen-bond donors (Lipinski definition) is 0. The number of ether oxygens (including phenoxy) is 3. The highest BCUT2D eigenvalue weighted by Gasteiger charge is 2.29. The van der Waals surface area contributed by atoms with Gasteiger partial charge in [-0.3, -0.25) is 9.69 Å². The highest BCUT2D eigenvalue weighted by molar-refractivity contribution is 8.26. The summed E-state index contributed by atoms with van der Waals surface area (Å²) < 4.78 is 17.5. The standard InChI is InChI=1S/C21H20ClNO4S2/c1-23-20(24)19(29-21(23)28)13-14-12-15(22)8-9-16(14)26-10-5-11-27-18-7-4-3-6-17(18)25-2/h3-4,6-9,12-13H,5,10-11H2,1-2H3/b19-13+. The molecule has 1 saturated heterocycles. The van der Waals surface area contributed by atoms with Gasteiger partial charge < -0.3 is 14.2 Å². The summed E-state index contributed by atoms with van der Waals surface area (Å²) in [7, 11) is 3.27. The zero-order valence-corrected chi connectivity index (χ0v) is 18.4. The van der Waals surface area contributed by atoms with Crippen molar-refractivity contribution in [3.05, 3.63) is 58.0 Å². The zero-order valence-electron chi connectivity index (χ0n) is 16.0. The van der Waals surface area contributed by atoms with Crippen LogP contribution in [0.1, 0.15) is 12.0 Å². The second-order valence-corrected chi connectivity index (χ2v) is 8.24. The van der Waals surface area contributed by atoms with E-state index in [1.54, 1.807) is 38.4 Å². The molecule has 1 amide bonds. The number of likely N-dealkylation sites (N-methyl/N-ethyl adjacent to an activating group) is 1. The first-order valence-electron chi connectivity index (χ1n) is 8.89. The van der Waals surface area contributed by atoms with Crippen LogP contribution in [0.4, 0.5) is 0 Å². The molecule has 0 radical (unpaired) electrons. The molecule has 0 aliphatic carbocycles. The van der Waals surface area contributed by atoms with Crippen molar-refractivity contribution in [3.63, 3.8) is 0 Å². The van der Waals surface area contributed by atoms with E-state index in [0.717, 1.165) is 5.56 Å². The smallest absolute Gasteiger partial charge is 0.265 e. The lowest BCUT2D eigenvalue weighted by Crippen LogP contribution is -2.22. The van der Waals surface area contributed by atoms with Gasteiger partial charge in [-0.2, -0.15) is 0 Å². The molecule has 0 saturated carbocycles. The number of rotatable bonds is 8. The van der Waals surface area contributed by atoms with Gasteiger partial charge in [0.05, 0.1) is 25.2 Å². The van der Waals surface area contributed by atoms with Gasteiger partial charge in [0.2, 0.25) is 0 Å². The molecule has 8 heteroatoms. The number of thiocarbonyl (C=S) groups is 1. The fourth-order valence-corrected chi connectivity index (χ4v) is 3.96. The molecule has 29 heavy (non-hydrogen) atoms. The Kier molecular flexibility index (Phi) is 7.41. The molecule has 2 aromatic carbocycles. The van der Waals surface area contributed by atoms with Gasteiger partial charge in [-0.15, -0.1) is 0 Å². The van der Waals surface area contributed by atoms with Crippen molar-refractivity contribution in [1.29, 1.82) is 0 Å². The van der Waals surface area contributed by atoms with Crippen LogP contribution < -0.4 is 14.2 Å². The average Bonchev–Trinajstić information content (AvgIpc) is 2.96. The lowest BCUT2D eigenvalue weighted by atomic mass is 10.2. The molecule has 1 fully saturated rings. The van der Waals surface area contributed by atoms with Crippen LogP contribution in [0, 0.1) is 0 Å². The summed E-state index contributed by atoms with van der Waals surface area (Å²) in [5.41, 5.74) is 0.733. The quantitative estimate of drug-likeness (QED) is 0.320. The van der Waals surface area contributed by atoms with Crippen LogP contribution in [0.3, 0.4) is 0 Å². The van der Waals surface area contributed by atoms with Crippen molar-refractivity contribution in [2.24, 2.45) is 0 Å². The van der Waals surface area contributed by atoms with Crippen LogP contribution in [-0.2, 0) is 4.79 Å². The van der Waals surface area contributed by atoms with E-state index in [4.69, 9.17) is 38.0 Å². The minimum absolute atomic E-state index is 0.129. The number of carbonyl (C=O) groups excluding carboxylic acids is 1. The molecule has 0 spiro atoms. The van der Waals surface area contributed by atoms with Gasteiger partial charge in [-0.05, 0) is 36.4 Å². The molecule has 3 rings (SSSR count). The number of benzene rings is 2. The zero-order chi connectivity index (χ0) is 20.8. The lowest BCUT2D eigenvalue weighted by Gasteiger charge is -2.12. The molecule has 0 aromatic heterocycles. The summed E-state index contributed by atoms with van der Waals surface area (Å²) >= 11 is 12.6. The second-order valence-electron chi connectivity index (χ2n) is 6.12. The number of amides is 1. The first-order chi connectivity index (χ1) is 14.0. The van der Waals surface area contributed by atoms with Gasteiger partial charge in [0.25, 0.3) is 5.91 Å². The van der Waals surface area contributed by atoms with E-state index in [2.05, 4.69) is 0 Å². The minimum Gasteiger partial charge on any atom is -0.493 e. The number of thioether (sulfide) groups is 1. The maximum atomic E-state index is 12.3. The molecular weight excluding hydrogens is 430 g/mol. The second kappa shape index (κ2) is 10.0.